The topological polar surface area (TPSA) is 633 Å². The first-order valence-corrected chi connectivity index (χ1v) is 41.1. The van der Waals surface area contributed by atoms with Gasteiger partial charge in [-0.3, -0.25) is 75.5 Å². The third-order valence-electron chi connectivity index (χ3n) is 17.4. The first-order valence-electron chi connectivity index (χ1n) is 43.3. The Morgan fingerprint density at radius 2 is 0.992 bits per heavy atom. The number of carboxylic acid groups (broad SMARTS) is 1. The Kier molecular flexibility index (Phi) is 55.0. The molecule has 11 aromatic rings. The Morgan fingerprint density at radius 3 is 1.26 bits per heavy atom. The molecule has 0 bridgehead atoms. The van der Waals surface area contributed by atoms with Crippen LogP contribution in [0.2, 0.25) is 8.47 Å². The Labute approximate surface area is 749 Å². The van der Waals surface area contributed by atoms with E-state index in [9.17, 15) is 33.6 Å². The van der Waals surface area contributed by atoms with E-state index in [1.165, 1.54) is 98.0 Å². The highest BCUT2D eigenvalue weighted by Crippen LogP contribution is 2.36. The van der Waals surface area contributed by atoms with Crippen LogP contribution >= 0.6 is 11.6 Å². The Balaban J connectivity index is -0.00000138. The van der Waals surface area contributed by atoms with Crippen LogP contribution in [0.4, 0.5) is 23.1 Å². The summed E-state index contributed by atoms with van der Waals surface area (Å²) >= 11 is 4.99. The van der Waals surface area contributed by atoms with Gasteiger partial charge in [0.05, 0.1) is 87.5 Å². The summed E-state index contributed by atoms with van der Waals surface area (Å²) in [5.41, 5.74) is 31.3. The van der Waals surface area contributed by atoms with Crippen LogP contribution in [0.5, 0.6) is 0 Å². The number of amides is 1. The number of hydrazine groups is 1. The molecule has 1 amide bonds. The number of H-pyrrole nitrogens is 8. The molecule has 11 aromatic heterocycles. The Hall–Kier alpha value is -13.5. The molecule has 11 heterocycles. The number of carbonyl (C=O) groups excluding carboxylic acids is 4. The fourth-order valence-electron chi connectivity index (χ4n) is 9.75. The van der Waals surface area contributed by atoms with Gasteiger partial charge in [0.15, 0.2) is 24.0 Å². The molecule has 0 saturated heterocycles. The number of ketones is 1. The maximum atomic E-state index is 11.6. The van der Waals surface area contributed by atoms with E-state index in [0.717, 1.165) is 103 Å². The summed E-state index contributed by atoms with van der Waals surface area (Å²) in [5.74, 6) is 8.33. The molecule has 41 heteroatoms. The van der Waals surface area contributed by atoms with Gasteiger partial charge in [-0.2, -0.15) is 25.5 Å². The number of rotatable bonds is 10. The van der Waals surface area contributed by atoms with Crippen LogP contribution in [-0.4, -0.2) is 156 Å². The number of nitrogens with one attached hydrogen (secondary N) is 8. The van der Waals surface area contributed by atoms with Crippen LogP contribution in [0.25, 0.3) is 48.4 Å². The number of fused-ring (bicyclic) bond motifs is 4. The van der Waals surface area contributed by atoms with Gasteiger partial charge in [0, 0.05) is 50.2 Å². The van der Waals surface area contributed by atoms with Crippen molar-refractivity contribution in [3.05, 3.63) is 178 Å². The van der Waals surface area contributed by atoms with Crippen LogP contribution in [0, 0.1) is 78.9 Å². The normalized spacial score (nSPS) is 12.6. The second-order valence-corrected chi connectivity index (χ2v) is 26.1. The van der Waals surface area contributed by atoms with E-state index >= 15 is 0 Å². The maximum absolute atomic E-state index is 11.6. The number of allylic oxidation sites excluding steroid dienone is 1. The summed E-state index contributed by atoms with van der Waals surface area (Å²) < 4.78 is 57.8. The minimum Gasteiger partial charge on any atom is -0.512 e. The molecule has 40 nitrogen and oxygen atoms in total. The van der Waals surface area contributed by atoms with Gasteiger partial charge in [0.1, 0.15) is 75.8 Å². The van der Waals surface area contributed by atoms with Crippen molar-refractivity contribution in [3.63, 3.8) is 0 Å². The van der Waals surface area contributed by atoms with Gasteiger partial charge in [0.2, 0.25) is 5.69 Å². The molecule has 0 aromatic carbocycles. The number of hydrogen-bond acceptors (Lipinski definition) is 27. The minimum atomic E-state index is -0.833. The smallest absolute Gasteiger partial charge is 0.308 e. The molecule has 0 unspecified atom stereocenters. The number of primary amides is 1. The van der Waals surface area contributed by atoms with E-state index in [2.05, 4.69) is 135 Å². The first-order chi connectivity index (χ1) is 62.2. The number of anilines is 3. The Morgan fingerprint density at radius 1 is 0.603 bits per heavy atom. The highest BCUT2D eigenvalue weighted by Gasteiger charge is 2.27. The second-order valence-electron chi connectivity index (χ2n) is 25.8. The summed E-state index contributed by atoms with van der Waals surface area (Å²) in [6.45, 7) is 54.3. The molecule has 0 radical (unpaired) electrons. The molecule has 0 spiro atoms. The van der Waals surface area contributed by atoms with Gasteiger partial charge in [-0.25, -0.2) is 39.9 Å². The summed E-state index contributed by atoms with van der Waals surface area (Å²) in [5, 5.41) is 38.7. The van der Waals surface area contributed by atoms with Gasteiger partial charge >= 0.3 is 11.9 Å². The van der Waals surface area contributed by atoms with Gasteiger partial charge in [-0.05, 0) is 161 Å². The van der Waals surface area contributed by atoms with Crippen LogP contribution < -0.4 is 51.3 Å². The molecule has 126 heavy (non-hydrogen) atoms. The average molecular weight is 1780 g/mol. The molecule has 21 N–H and O–H groups in total. The number of aryl methyl sites for hydroxylation is 4. The number of hydrogen-bond donors (Lipinski definition) is 15. The van der Waals surface area contributed by atoms with Crippen LogP contribution in [0.3, 0.4) is 0 Å². The number of aromatic amines is 8. The first kappa shape index (κ1) is 105. The number of aromatic nitrogens is 19. The molecule has 4 saturated carbocycles. The zero-order chi connectivity index (χ0) is 100. The number of alkyl halides is 1. The highest BCUT2D eigenvalue weighted by molar-refractivity contribution is 6.27. The predicted molar refractivity (Wildman–Crippen MR) is 494 cm³/mol. The van der Waals surface area contributed by atoms with Crippen molar-refractivity contribution in [1.82, 2.24) is 95.2 Å². The molecule has 0 atom stereocenters. The predicted octanol–water partition coefficient (Wildman–Crippen LogP) is 14.2. The zero-order valence-corrected chi connectivity index (χ0v) is 76.3. The van der Waals surface area contributed by atoms with E-state index < -0.39 is 11.9 Å². The largest absolute Gasteiger partial charge is 0.512 e. The molecule has 692 valence electrons. The summed E-state index contributed by atoms with van der Waals surface area (Å²) in [6.07, 6.45) is 27.0. The van der Waals surface area contributed by atoms with Gasteiger partial charge in [-0.1, -0.05) is 88.5 Å². The quantitative estimate of drug-likeness (QED) is 0.0115. The van der Waals surface area contributed by atoms with Crippen molar-refractivity contribution < 1.29 is 51.8 Å². The number of nitriles is 1. The Bertz CT molecular complexity index is 5390. The number of nitrogens with two attached hydrogens (primary N) is 6. The lowest BCUT2D eigenvalue weighted by molar-refractivity contribution is -0.150. The fraction of sp³-hybridized carbons (Fsp3) is 0.494. The summed E-state index contributed by atoms with van der Waals surface area (Å²) in [4.78, 5) is 120. The third-order valence-corrected chi connectivity index (χ3v) is 17.8. The number of halogens is 1. The molecule has 4 fully saturated rings. The summed E-state index contributed by atoms with van der Waals surface area (Å²) in [6, 6.07) is 1.67. The number of nitrogens with zero attached hydrogens (tertiary/aromatic N) is 14. The van der Waals surface area contributed by atoms with Gasteiger partial charge in [0.25, 0.3) is 34.3 Å². The molecule has 0 aliphatic heterocycles. The number of esters is 2. The second kappa shape index (κ2) is 66.1. The van der Waals surface area contributed by atoms with E-state index in [-0.39, 0.29) is 82.2 Å². The average Bonchev–Trinajstić information content (AvgIpc) is 1.66. The molecule has 4 aliphatic carbocycles. The molecule has 4 aliphatic rings. The van der Waals surface area contributed by atoms with Crippen LogP contribution in [-0.2, 0) is 33.4 Å². The molecular formula is C85H133ClN28O12. The summed E-state index contributed by atoms with van der Waals surface area (Å²) in [7, 11) is 0. The van der Waals surface area contributed by atoms with Crippen molar-refractivity contribution in [3.8, 4) is 6.07 Å². The van der Waals surface area contributed by atoms with Gasteiger partial charge in [-0.15, -0.1) is 11.6 Å². The number of carbonyl (C=O) groups is 5. The number of nitrogen functional groups attached to an aromatic ring is 3. The van der Waals surface area contributed by atoms with Crippen LogP contribution in [0.15, 0.2) is 75.9 Å². The van der Waals surface area contributed by atoms with E-state index in [1.807, 2.05) is 83.1 Å². The lowest BCUT2D eigenvalue weighted by atomic mass is 9.85. The zero-order valence-electron chi connectivity index (χ0n) is 81.5. The maximum Gasteiger partial charge on any atom is 0.308 e. The van der Waals surface area contributed by atoms with E-state index in [1.54, 1.807) is 26.1 Å². The lowest BCUT2D eigenvalue weighted by Crippen LogP contribution is -2.23. The number of aliphatic carboxylic acids is 1. The van der Waals surface area contributed by atoms with Gasteiger partial charge < -0.3 is 61.6 Å². The highest BCUT2D eigenvalue weighted by atomic mass is 35.5. The number of ether oxygens (including phenoxy) is 3. The molecule has 15 rings (SSSR count). The monoisotopic (exact) mass is 1780 g/mol. The fourth-order valence-corrected chi connectivity index (χ4v) is 9.75. The standard InChI is InChI=1S/C11H14N2.3C9H10N4O.C8H12N2.C7H12O2.C6H6N2O.C4H6N4O.C4H4N4.C4H8O2.C3H5ClO.C2H4O2.4C2H6.CH4.H4N2/c1-7-5-13-6-8(2)12-11(13)10(4)9(7)3;3*14-9-6-4-10-13-8(6)11-7(12-9)5-2-1-3-5;1-5-4-10-8(9)7(3)6(5)2;1-2-9-7(8)6-4-3-5-6;1-3-9-5-6(4-7)8-2;5-3-2(4(6)9)1-7-8-3;1-6-3-2-7-8-4(3)5;1-3-6-4(2)5;1-3(5)2-4;1-2(3)4;4*1-2;;1-2/h5-6H,1-4H3;3*4-5H,1-3H2,(H2,10,11,12,13,14);4H,1-3H3,(H2,9,10);6H,2-5H2,1H3;5H,3H2,1H3;1H,(H2,6,9)(H3,5,7,8);2H,(H3,5,7,8);3H2,1-2H3;2H2,1H3;1H3,(H,3,4);4*1-2H3;1H4;1-2H2/b;;;;;;6-5-;;;;;;;;;;;/i/hD6. The lowest BCUT2D eigenvalue weighted by Gasteiger charge is -2.23. The number of carboxylic acids is 1. The van der Waals surface area contributed by atoms with E-state index in [4.69, 9.17) is 76.1 Å². The number of pyridine rings is 2. The van der Waals surface area contributed by atoms with Crippen molar-refractivity contribution in [2.45, 2.75) is 248 Å². The van der Waals surface area contributed by atoms with Crippen molar-refractivity contribution in [2.24, 2.45) is 23.3 Å². The number of Topliss-reactive ketones (excluding diaryl/α,β-unsaturated/α-hetero) is 1. The third kappa shape index (κ3) is 41.1. The number of imidazole rings is 1. The molecular weight excluding hydrogens is 1640 g/mol. The SMILES string of the molecule is C.CC.CC.CC.CC.CC(=O)CCl.CC(=O)O.CCOC(=O)C1CCC1.CCOC(C)=O.Cc1cn2cc(C)c(C)c(C)c2n1.Cc1cnc(N)c(C)c1C.[2H]NN.[2H]n1ncc(C(N)=O)c1N.[2H]n1ncc([N+]#[C-])c1N.[2H]n1ncc2c(=O)[nH]c(C3CCC3)nc21.[2H]n1ncc2c(=O)[nH]c(C3CCC3)nc21.[2H]n1ncc2c(=O)[nH]c(C3CCC3)nc21.[C-]#[N+]/C(C#N)=C\OCC. The van der Waals surface area contributed by atoms with Crippen molar-refractivity contribution in [2.75, 3.05) is 42.9 Å². The minimum absolute atomic E-state index is 0. The van der Waals surface area contributed by atoms with Crippen molar-refractivity contribution >= 4 is 103 Å². The van der Waals surface area contributed by atoms with Crippen molar-refractivity contribution in [1.29, 1.82) is 5.26 Å². The van der Waals surface area contributed by atoms with Crippen LogP contribution in [0.1, 0.15) is 266 Å². The van der Waals surface area contributed by atoms with E-state index in [0.29, 0.717) is 104 Å².